The summed E-state index contributed by atoms with van der Waals surface area (Å²) in [4.78, 5) is 0. The van der Waals surface area contributed by atoms with E-state index in [-0.39, 0.29) is 18.1 Å². The number of benzene rings is 1. The molecule has 3 nitrogen and oxygen atoms in total. The molecular weight excluding hydrogens is 269 g/mol. The molecule has 1 aromatic rings. The largest absolute Gasteiger partial charge is 0.350 e. The Morgan fingerprint density at radius 1 is 1.42 bits per heavy atom. The summed E-state index contributed by atoms with van der Waals surface area (Å²) in [5.41, 5.74) is 0.622. The zero-order chi connectivity index (χ0) is 13.7. The van der Waals surface area contributed by atoms with Crippen molar-refractivity contribution in [1.29, 1.82) is 0 Å². The van der Waals surface area contributed by atoms with Crippen molar-refractivity contribution >= 4 is 11.6 Å². The first kappa shape index (κ1) is 14.7. The van der Waals surface area contributed by atoms with E-state index in [0.717, 1.165) is 6.54 Å². The highest BCUT2D eigenvalue weighted by molar-refractivity contribution is 6.30. The Labute approximate surface area is 118 Å². The predicted molar refractivity (Wildman–Crippen MR) is 72.9 cm³/mol. The van der Waals surface area contributed by atoms with Crippen LogP contribution in [-0.4, -0.2) is 32.1 Å². The van der Waals surface area contributed by atoms with Crippen LogP contribution in [0.1, 0.15) is 18.9 Å². The summed E-state index contributed by atoms with van der Waals surface area (Å²) < 4.78 is 24.6. The monoisotopic (exact) mass is 287 g/mol. The molecule has 0 spiro atoms. The SMILES string of the molecule is CCNC(Cc1cc(Cl)ccc1F)CC1OCCO1. The summed E-state index contributed by atoms with van der Waals surface area (Å²) in [6, 6.07) is 4.76. The zero-order valence-electron chi connectivity index (χ0n) is 11.0. The highest BCUT2D eigenvalue weighted by atomic mass is 35.5. The van der Waals surface area contributed by atoms with Gasteiger partial charge < -0.3 is 14.8 Å². The third-order valence-electron chi connectivity index (χ3n) is 3.13. The molecule has 0 radical (unpaired) electrons. The van der Waals surface area contributed by atoms with Crippen LogP contribution in [0.4, 0.5) is 4.39 Å². The lowest BCUT2D eigenvalue weighted by atomic mass is 10.0. The minimum absolute atomic E-state index is 0.112. The third-order valence-corrected chi connectivity index (χ3v) is 3.37. The molecule has 1 saturated heterocycles. The minimum Gasteiger partial charge on any atom is -0.350 e. The molecule has 1 aromatic carbocycles. The summed E-state index contributed by atoms with van der Waals surface area (Å²) in [5, 5.41) is 3.89. The van der Waals surface area contributed by atoms with Gasteiger partial charge in [-0.25, -0.2) is 4.39 Å². The van der Waals surface area contributed by atoms with E-state index in [1.807, 2.05) is 6.92 Å². The molecule has 1 atom stereocenters. The van der Waals surface area contributed by atoms with Gasteiger partial charge in [0.15, 0.2) is 6.29 Å². The van der Waals surface area contributed by atoms with Gasteiger partial charge in [-0.05, 0) is 36.7 Å². The van der Waals surface area contributed by atoms with Crippen molar-refractivity contribution in [3.8, 4) is 0 Å². The number of rotatable bonds is 6. The Kier molecular flexibility index (Phi) is 5.58. The summed E-state index contributed by atoms with van der Waals surface area (Å²) in [5.74, 6) is -0.222. The van der Waals surface area contributed by atoms with Crippen LogP contribution in [0.15, 0.2) is 18.2 Å². The Balaban J connectivity index is 2.00. The molecule has 106 valence electrons. The van der Waals surface area contributed by atoms with E-state index in [9.17, 15) is 4.39 Å². The maximum absolute atomic E-state index is 13.7. The topological polar surface area (TPSA) is 30.5 Å². The zero-order valence-corrected chi connectivity index (χ0v) is 11.8. The normalized spacial score (nSPS) is 17.8. The molecule has 19 heavy (non-hydrogen) atoms. The molecule has 1 N–H and O–H groups in total. The van der Waals surface area contributed by atoms with Gasteiger partial charge in [0.05, 0.1) is 13.2 Å². The van der Waals surface area contributed by atoms with Crippen molar-refractivity contribution in [3.63, 3.8) is 0 Å². The van der Waals surface area contributed by atoms with Gasteiger partial charge in [-0.3, -0.25) is 0 Å². The third kappa shape index (κ3) is 4.42. The van der Waals surface area contributed by atoms with Crippen molar-refractivity contribution in [2.24, 2.45) is 0 Å². The average molecular weight is 288 g/mol. The van der Waals surface area contributed by atoms with Crippen molar-refractivity contribution in [3.05, 3.63) is 34.6 Å². The van der Waals surface area contributed by atoms with E-state index in [4.69, 9.17) is 21.1 Å². The van der Waals surface area contributed by atoms with E-state index < -0.39 is 0 Å². The molecule has 5 heteroatoms. The Morgan fingerprint density at radius 2 is 2.16 bits per heavy atom. The average Bonchev–Trinajstić information content (AvgIpc) is 2.87. The molecule has 1 aliphatic heterocycles. The van der Waals surface area contributed by atoms with Crippen LogP contribution in [0.25, 0.3) is 0 Å². The van der Waals surface area contributed by atoms with Crippen LogP contribution < -0.4 is 5.32 Å². The fraction of sp³-hybridized carbons (Fsp3) is 0.571. The second-order valence-electron chi connectivity index (χ2n) is 4.60. The lowest BCUT2D eigenvalue weighted by molar-refractivity contribution is -0.0526. The van der Waals surface area contributed by atoms with Gasteiger partial charge in [0.25, 0.3) is 0 Å². The first-order chi connectivity index (χ1) is 9.19. The molecule has 0 amide bonds. The van der Waals surface area contributed by atoms with Gasteiger partial charge in [-0.15, -0.1) is 0 Å². The fourth-order valence-corrected chi connectivity index (χ4v) is 2.46. The highest BCUT2D eigenvalue weighted by Gasteiger charge is 2.22. The molecule has 0 aliphatic carbocycles. The predicted octanol–water partition coefficient (Wildman–Crippen LogP) is 2.76. The molecule has 1 fully saturated rings. The Hall–Kier alpha value is -0.680. The fourth-order valence-electron chi connectivity index (χ4n) is 2.27. The number of hydrogen-bond acceptors (Lipinski definition) is 3. The van der Waals surface area contributed by atoms with Gasteiger partial charge in [-0.1, -0.05) is 18.5 Å². The van der Waals surface area contributed by atoms with Gasteiger partial charge in [0.1, 0.15) is 5.82 Å². The summed E-state index contributed by atoms with van der Waals surface area (Å²) >= 11 is 5.91. The molecule has 1 heterocycles. The van der Waals surface area contributed by atoms with E-state index in [1.165, 1.54) is 6.07 Å². The molecule has 0 bridgehead atoms. The standard InChI is InChI=1S/C14H19ClFNO2/c1-2-17-12(9-14-18-5-6-19-14)8-10-7-11(15)3-4-13(10)16/h3-4,7,12,14,17H,2,5-6,8-9H2,1H3. The molecule has 2 rings (SSSR count). The molecular formula is C14H19ClFNO2. The lowest BCUT2D eigenvalue weighted by Gasteiger charge is -2.21. The number of ether oxygens (including phenoxy) is 2. The van der Waals surface area contributed by atoms with E-state index in [0.29, 0.717) is 36.6 Å². The lowest BCUT2D eigenvalue weighted by Crippen LogP contribution is -2.35. The minimum atomic E-state index is -0.222. The second-order valence-corrected chi connectivity index (χ2v) is 5.04. The molecule has 1 aliphatic rings. The first-order valence-electron chi connectivity index (χ1n) is 6.59. The number of nitrogens with one attached hydrogen (secondary N) is 1. The Bertz CT molecular complexity index is 410. The maximum atomic E-state index is 13.7. The van der Waals surface area contributed by atoms with Gasteiger partial charge in [0.2, 0.25) is 0 Å². The maximum Gasteiger partial charge on any atom is 0.159 e. The van der Waals surface area contributed by atoms with Gasteiger partial charge in [0, 0.05) is 17.5 Å². The summed E-state index contributed by atoms with van der Waals surface area (Å²) in [6.45, 7) is 4.11. The van der Waals surface area contributed by atoms with Crippen LogP contribution >= 0.6 is 11.6 Å². The van der Waals surface area contributed by atoms with Gasteiger partial charge >= 0.3 is 0 Å². The molecule has 0 aromatic heterocycles. The highest BCUT2D eigenvalue weighted by Crippen LogP contribution is 2.19. The smallest absolute Gasteiger partial charge is 0.159 e. The number of likely N-dealkylation sites (N-methyl/N-ethyl adjacent to an activating group) is 1. The van der Waals surface area contributed by atoms with Crippen LogP contribution in [0, 0.1) is 5.82 Å². The number of halogens is 2. The molecule has 0 saturated carbocycles. The van der Waals surface area contributed by atoms with Crippen LogP contribution in [-0.2, 0) is 15.9 Å². The van der Waals surface area contributed by atoms with Crippen LogP contribution in [0.3, 0.4) is 0 Å². The molecule has 1 unspecified atom stereocenters. The van der Waals surface area contributed by atoms with Crippen molar-refractivity contribution < 1.29 is 13.9 Å². The van der Waals surface area contributed by atoms with Crippen molar-refractivity contribution in [2.45, 2.75) is 32.1 Å². The van der Waals surface area contributed by atoms with Crippen LogP contribution in [0.5, 0.6) is 0 Å². The quantitative estimate of drug-likeness (QED) is 0.873. The summed E-state index contributed by atoms with van der Waals surface area (Å²) in [6.07, 6.45) is 1.09. The van der Waals surface area contributed by atoms with Crippen molar-refractivity contribution in [2.75, 3.05) is 19.8 Å². The van der Waals surface area contributed by atoms with E-state index in [1.54, 1.807) is 12.1 Å². The van der Waals surface area contributed by atoms with Crippen LogP contribution in [0.2, 0.25) is 5.02 Å². The number of hydrogen-bond donors (Lipinski definition) is 1. The Morgan fingerprint density at radius 3 is 2.84 bits per heavy atom. The van der Waals surface area contributed by atoms with E-state index >= 15 is 0 Å². The van der Waals surface area contributed by atoms with Gasteiger partial charge in [-0.2, -0.15) is 0 Å². The van der Waals surface area contributed by atoms with E-state index in [2.05, 4.69) is 5.32 Å². The summed E-state index contributed by atoms with van der Waals surface area (Å²) in [7, 11) is 0. The second kappa shape index (κ2) is 7.20. The van der Waals surface area contributed by atoms with Crippen molar-refractivity contribution in [1.82, 2.24) is 5.32 Å². The first-order valence-corrected chi connectivity index (χ1v) is 6.97.